The van der Waals surface area contributed by atoms with Crippen LogP contribution in [0.3, 0.4) is 0 Å². The number of nitrogens with one attached hydrogen (secondary N) is 1. The number of carboxylic acid groups (broad SMARTS) is 1. The van der Waals surface area contributed by atoms with Gasteiger partial charge >= 0.3 is 6.09 Å². The molecule has 0 aliphatic heterocycles. The Labute approximate surface area is 233 Å². The minimum absolute atomic E-state index is 0.0601. The second kappa shape index (κ2) is 11.2. The number of para-hydroxylation sites is 2. The van der Waals surface area contributed by atoms with E-state index in [1.807, 2.05) is 6.07 Å². The van der Waals surface area contributed by atoms with Gasteiger partial charge in [-0.3, -0.25) is 14.3 Å². The maximum atomic E-state index is 15.0. The highest BCUT2D eigenvalue weighted by molar-refractivity contribution is 6.05. The van der Waals surface area contributed by atoms with Gasteiger partial charge in [0.2, 0.25) is 0 Å². The molecule has 206 valence electrons. The minimum atomic E-state index is -1.25. The minimum Gasteiger partial charge on any atom is -0.464 e. The van der Waals surface area contributed by atoms with Crippen LogP contribution in [0, 0.1) is 12.7 Å². The number of aromatic nitrogens is 3. The molecule has 0 saturated heterocycles. The fourth-order valence-electron chi connectivity index (χ4n) is 4.31. The van der Waals surface area contributed by atoms with E-state index in [-0.39, 0.29) is 28.6 Å². The van der Waals surface area contributed by atoms with Crippen LogP contribution in [0.25, 0.3) is 5.69 Å². The van der Waals surface area contributed by atoms with Crippen LogP contribution in [0.2, 0.25) is 0 Å². The van der Waals surface area contributed by atoms with Gasteiger partial charge in [-0.1, -0.05) is 36.4 Å². The molecule has 0 fully saturated rings. The molecule has 5 rings (SSSR count). The van der Waals surface area contributed by atoms with Gasteiger partial charge in [-0.05, 0) is 49.4 Å². The monoisotopic (exact) mass is 553 g/mol. The first-order valence-electron chi connectivity index (χ1n) is 12.4. The maximum Gasteiger partial charge on any atom is 0.417 e. The van der Waals surface area contributed by atoms with Crippen LogP contribution in [-0.4, -0.2) is 31.5 Å². The van der Waals surface area contributed by atoms with E-state index >= 15 is 4.39 Å². The van der Waals surface area contributed by atoms with Gasteiger partial charge in [-0.25, -0.2) is 23.8 Å². The number of hydrogen-bond donors (Lipinski definition) is 2. The number of carbonyl (C=O) groups is 2. The van der Waals surface area contributed by atoms with Crippen LogP contribution in [0.4, 0.5) is 26.4 Å². The van der Waals surface area contributed by atoms with Crippen molar-refractivity contribution in [1.82, 2.24) is 14.3 Å². The molecule has 0 spiro atoms. The summed E-state index contributed by atoms with van der Waals surface area (Å²) in [5, 5.41) is 12.3. The normalized spacial score (nSPS) is 10.7. The smallest absolute Gasteiger partial charge is 0.417 e. The predicted octanol–water partition coefficient (Wildman–Crippen LogP) is 5.88. The summed E-state index contributed by atoms with van der Waals surface area (Å²) in [6.45, 7) is 1.65. The summed E-state index contributed by atoms with van der Waals surface area (Å²) in [5.41, 5.74) is 0.960. The third-order valence-corrected chi connectivity index (χ3v) is 6.35. The number of hydrogen-bond acceptors (Lipinski definition) is 5. The van der Waals surface area contributed by atoms with Crippen molar-refractivity contribution >= 4 is 29.2 Å². The Morgan fingerprint density at radius 1 is 0.976 bits per heavy atom. The van der Waals surface area contributed by atoms with Crippen molar-refractivity contribution in [3.05, 3.63) is 125 Å². The SMILES string of the molecule is Cc1c(C(=O)Nc2ccc(Oc3ccnc(N(C(=O)O)c4ccccc4)c3)c(F)c2)c(=O)n(-c2ccccc2)n1C. The molecule has 0 saturated carbocycles. The Morgan fingerprint density at radius 2 is 1.66 bits per heavy atom. The number of ether oxygens (including phenoxy) is 1. The van der Waals surface area contributed by atoms with E-state index in [9.17, 15) is 19.5 Å². The quantitative estimate of drug-likeness (QED) is 0.260. The molecule has 0 atom stereocenters. The number of amides is 2. The van der Waals surface area contributed by atoms with Gasteiger partial charge in [-0.15, -0.1) is 0 Å². The highest BCUT2D eigenvalue weighted by Gasteiger charge is 2.23. The zero-order chi connectivity index (χ0) is 29.1. The van der Waals surface area contributed by atoms with Gasteiger partial charge < -0.3 is 15.2 Å². The summed E-state index contributed by atoms with van der Waals surface area (Å²) >= 11 is 0. The van der Waals surface area contributed by atoms with Crippen LogP contribution < -0.4 is 20.5 Å². The van der Waals surface area contributed by atoms with Crippen molar-refractivity contribution < 1.29 is 23.8 Å². The molecular weight excluding hydrogens is 529 g/mol. The predicted molar refractivity (Wildman–Crippen MR) is 151 cm³/mol. The Morgan fingerprint density at radius 3 is 2.32 bits per heavy atom. The van der Waals surface area contributed by atoms with Gasteiger partial charge in [0.05, 0.1) is 17.1 Å². The molecule has 2 heterocycles. The first-order chi connectivity index (χ1) is 19.7. The molecule has 3 aromatic carbocycles. The first kappa shape index (κ1) is 26.9. The second-order valence-electron chi connectivity index (χ2n) is 8.94. The highest BCUT2D eigenvalue weighted by atomic mass is 19.1. The first-order valence-corrected chi connectivity index (χ1v) is 12.4. The van der Waals surface area contributed by atoms with E-state index in [1.54, 1.807) is 73.3 Å². The van der Waals surface area contributed by atoms with Gasteiger partial charge in [0.1, 0.15) is 17.1 Å². The van der Waals surface area contributed by atoms with E-state index < -0.39 is 23.4 Å². The molecule has 0 aliphatic rings. The lowest BCUT2D eigenvalue weighted by Crippen LogP contribution is -2.25. The van der Waals surface area contributed by atoms with Gasteiger partial charge in [0, 0.05) is 31.1 Å². The standard InChI is InChI=1S/C30H24FN5O5/c1-19-27(29(38)36(34(19)2)22-11-7-4-8-12-22)28(37)33-20-13-14-25(24(31)17-20)41-23-15-16-32-26(18-23)35(30(39)40)21-9-5-3-6-10-21/h3-18H,1-2H3,(H,33,37)(H,39,40). The Hall–Kier alpha value is -5.71. The molecule has 2 aromatic heterocycles. The number of nitrogens with zero attached hydrogens (tertiary/aromatic N) is 4. The maximum absolute atomic E-state index is 15.0. The van der Waals surface area contributed by atoms with Crippen molar-refractivity contribution in [2.45, 2.75) is 6.92 Å². The third kappa shape index (κ3) is 5.41. The van der Waals surface area contributed by atoms with Crippen molar-refractivity contribution in [2.75, 3.05) is 10.2 Å². The molecule has 0 radical (unpaired) electrons. The molecule has 0 aliphatic carbocycles. The van der Waals surface area contributed by atoms with Crippen molar-refractivity contribution in [1.29, 1.82) is 0 Å². The fraction of sp³-hybridized carbons (Fsp3) is 0.0667. The Balaban J connectivity index is 1.36. The van der Waals surface area contributed by atoms with Crippen LogP contribution >= 0.6 is 0 Å². The second-order valence-corrected chi connectivity index (χ2v) is 8.94. The van der Waals surface area contributed by atoms with E-state index in [4.69, 9.17) is 4.74 Å². The molecule has 2 amide bonds. The molecule has 10 nitrogen and oxygen atoms in total. The largest absolute Gasteiger partial charge is 0.464 e. The number of benzene rings is 3. The lowest BCUT2D eigenvalue weighted by Gasteiger charge is -2.19. The molecule has 0 unspecified atom stereocenters. The summed E-state index contributed by atoms with van der Waals surface area (Å²) in [6.07, 6.45) is 0.0943. The summed E-state index contributed by atoms with van der Waals surface area (Å²) in [4.78, 5) is 43.2. The zero-order valence-electron chi connectivity index (χ0n) is 22.0. The molecular formula is C30H24FN5O5. The number of carbonyl (C=O) groups excluding carboxylic acids is 1. The Bertz CT molecular complexity index is 1800. The van der Waals surface area contributed by atoms with E-state index in [1.165, 1.54) is 35.1 Å². The fourth-order valence-corrected chi connectivity index (χ4v) is 4.31. The molecule has 5 aromatic rings. The average Bonchev–Trinajstić information content (AvgIpc) is 3.18. The number of halogens is 1. The lowest BCUT2D eigenvalue weighted by molar-refractivity contribution is 0.102. The topological polar surface area (TPSA) is 119 Å². The van der Waals surface area contributed by atoms with Gasteiger partial charge in [0.15, 0.2) is 11.6 Å². The van der Waals surface area contributed by atoms with Gasteiger partial charge in [0.25, 0.3) is 11.5 Å². The average molecular weight is 554 g/mol. The number of pyridine rings is 1. The summed E-state index contributed by atoms with van der Waals surface area (Å²) in [5.74, 6) is -1.42. The summed E-state index contributed by atoms with van der Waals surface area (Å²) in [7, 11) is 1.67. The van der Waals surface area contributed by atoms with Crippen LogP contribution in [0.15, 0.2) is 102 Å². The van der Waals surface area contributed by atoms with Crippen LogP contribution in [0.5, 0.6) is 11.5 Å². The van der Waals surface area contributed by atoms with E-state index in [0.717, 1.165) is 11.0 Å². The van der Waals surface area contributed by atoms with E-state index in [2.05, 4.69) is 10.3 Å². The number of rotatable bonds is 7. The number of anilines is 3. The zero-order valence-corrected chi connectivity index (χ0v) is 22.0. The lowest BCUT2D eigenvalue weighted by atomic mass is 10.2. The molecule has 11 heteroatoms. The van der Waals surface area contributed by atoms with Crippen LogP contribution in [0.1, 0.15) is 16.1 Å². The molecule has 0 bridgehead atoms. The molecule has 2 N–H and O–H groups in total. The molecule has 41 heavy (non-hydrogen) atoms. The summed E-state index contributed by atoms with van der Waals surface area (Å²) < 4.78 is 23.6. The summed E-state index contributed by atoms with van der Waals surface area (Å²) in [6, 6.07) is 23.9. The van der Waals surface area contributed by atoms with E-state index in [0.29, 0.717) is 17.1 Å². The Kier molecular flexibility index (Phi) is 7.33. The van der Waals surface area contributed by atoms with Gasteiger partial charge in [-0.2, -0.15) is 0 Å². The van der Waals surface area contributed by atoms with Crippen LogP contribution in [-0.2, 0) is 7.05 Å². The van der Waals surface area contributed by atoms with Crippen molar-refractivity contribution in [3.63, 3.8) is 0 Å². The highest BCUT2D eigenvalue weighted by Crippen LogP contribution is 2.31. The van der Waals surface area contributed by atoms with Crippen molar-refractivity contribution in [2.24, 2.45) is 7.05 Å². The third-order valence-electron chi connectivity index (χ3n) is 6.35. The van der Waals surface area contributed by atoms with Crippen molar-refractivity contribution in [3.8, 4) is 17.2 Å².